The number of para-hydroxylation sites is 1. The number of benzene rings is 1. The van der Waals surface area contributed by atoms with Gasteiger partial charge >= 0.3 is 0 Å². The first kappa shape index (κ1) is 8.62. The lowest BCUT2D eigenvalue weighted by atomic mass is 9.93. The van der Waals surface area contributed by atoms with Crippen LogP contribution in [-0.2, 0) is 0 Å². The number of hydrogen-bond donors (Lipinski definition) is 1. The molecule has 0 spiro atoms. The third kappa shape index (κ3) is 1.16. The molecule has 2 nitrogen and oxygen atoms in total. The topological polar surface area (TPSA) is 29.5 Å². The van der Waals surface area contributed by atoms with Gasteiger partial charge in [-0.15, -0.1) is 0 Å². The highest BCUT2D eigenvalue weighted by Crippen LogP contribution is 2.50. The Morgan fingerprint density at radius 3 is 3.14 bits per heavy atom. The van der Waals surface area contributed by atoms with Crippen LogP contribution in [0.2, 0.25) is 0 Å². The summed E-state index contributed by atoms with van der Waals surface area (Å²) in [5, 5.41) is 10.2. The van der Waals surface area contributed by atoms with Gasteiger partial charge in [-0.05, 0) is 6.07 Å². The predicted octanol–water partition coefficient (Wildman–Crippen LogP) is 1.84. The first-order valence-electron chi connectivity index (χ1n) is 4.87. The normalized spacial score (nSPS) is 34.5. The van der Waals surface area contributed by atoms with E-state index in [-0.39, 0.29) is 12.0 Å². The van der Waals surface area contributed by atoms with Crippen molar-refractivity contribution in [3.05, 3.63) is 29.8 Å². The summed E-state index contributed by atoms with van der Waals surface area (Å²) in [5.74, 6) is 2.12. The molecule has 2 aliphatic heterocycles. The third-order valence-corrected chi connectivity index (χ3v) is 4.48. The highest BCUT2D eigenvalue weighted by atomic mass is 32.2. The van der Waals surface area contributed by atoms with Gasteiger partial charge < -0.3 is 9.84 Å². The zero-order valence-electron chi connectivity index (χ0n) is 7.72. The molecule has 0 bridgehead atoms. The van der Waals surface area contributed by atoms with Crippen molar-refractivity contribution in [3.8, 4) is 5.75 Å². The van der Waals surface area contributed by atoms with Crippen molar-refractivity contribution in [2.24, 2.45) is 5.92 Å². The van der Waals surface area contributed by atoms with E-state index in [2.05, 4.69) is 6.07 Å². The highest BCUT2D eigenvalue weighted by Gasteiger charge is 2.40. The number of rotatable bonds is 0. The summed E-state index contributed by atoms with van der Waals surface area (Å²) in [6.45, 7) is 0.663. The van der Waals surface area contributed by atoms with Gasteiger partial charge in [0.05, 0.1) is 12.7 Å². The Morgan fingerprint density at radius 2 is 2.21 bits per heavy atom. The average Bonchev–Trinajstić information content (AvgIpc) is 2.61. The summed E-state index contributed by atoms with van der Waals surface area (Å²) in [5.41, 5.74) is 1.25. The van der Waals surface area contributed by atoms with Crippen LogP contribution in [-0.4, -0.2) is 23.6 Å². The van der Waals surface area contributed by atoms with E-state index in [0.29, 0.717) is 11.9 Å². The number of aliphatic hydroxyl groups is 1. The van der Waals surface area contributed by atoms with Crippen LogP contribution in [0.5, 0.6) is 5.75 Å². The van der Waals surface area contributed by atoms with Gasteiger partial charge in [-0.2, -0.15) is 11.8 Å². The lowest BCUT2D eigenvalue weighted by Gasteiger charge is -2.28. The maximum absolute atomic E-state index is 9.75. The van der Waals surface area contributed by atoms with Crippen LogP contribution in [0.4, 0.5) is 0 Å². The van der Waals surface area contributed by atoms with E-state index < -0.39 is 0 Å². The van der Waals surface area contributed by atoms with Crippen LogP contribution >= 0.6 is 11.8 Å². The standard InChI is InChI=1S/C11H12O2S/c12-9-6-14-11-7-3-1-2-4-10(7)13-5-8(9)11/h1-4,8-9,11-12H,5-6H2. The van der Waals surface area contributed by atoms with Gasteiger partial charge in [-0.1, -0.05) is 18.2 Å². The molecule has 2 heterocycles. The van der Waals surface area contributed by atoms with Gasteiger partial charge in [0.1, 0.15) is 5.75 Å². The minimum absolute atomic E-state index is 0.196. The molecule has 1 aromatic carbocycles. The molecule has 0 aromatic heterocycles. The van der Waals surface area contributed by atoms with Gasteiger partial charge in [0.2, 0.25) is 0 Å². The first-order chi connectivity index (χ1) is 6.86. The molecule has 0 aliphatic carbocycles. The minimum Gasteiger partial charge on any atom is -0.493 e. The van der Waals surface area contributed by atoms with Crippen LogP contribution in [0, 0.1) is 5.92 Å². The molecule has 0 amide bonds. The zero-order valence-corrected chi connectivity index (χ0v) is 8.54. The molecule has 1 aromatic rings. The minimum atomic E-state index is -0.196. The van der Waals surface area contributed by atoms with Crippen molar-refractivity contribution in [2.75, 3.05) is 12.4 Å². The molecule has 1 saturated heterocycles. The van der Waals surface area contributed by atoms with E-state index in [9.17, 15) is 5.11 Å². The maximum atomic E-state index is 9.75. The Hall–Kier alpha value is -0.670. The Kier molecular flexibility index (Phi) is 1.96. The van der Waals surface area contributed by atoms with Gasteiger partial charge in [0.15, 0.2) is 0 Å². The zero-order chi connectivity index (χ0) is 9.54. The van der Waals surface area contributed by atoms with Crippen molar-refractivity contribution >= 4 is 11.8 Å². The lowest BCUT2D eigenvalue weighted by Crippen LogP contribution is -2.29. The van der Waals surface area contributed by atoms with Crippen molar-refractivity contribution in [1.82, 2.24) is 0 Å². The van der Waals surface area contributed by atoms with Gasteiger partial charge in [0, 0.05) is 22.5 Å². The Bertz CT molecular complexity index is 353. The summed E-state index contributed by atoms with van der Waals surface area (Å²) in [6.07, 6.45) is -0.196. The van der Waals surface area contributed by atoms with Crippen LogP contribution < -0.4 is 4.74 Å². The molecular formula is C11H12O2S. The largest absolute Gasteiger partial charge is 0.493 e. The summed E-state index contributed by atoms with van der Waals surface area (Å²) in [6, 6.07) is 8.15. The van der Waals surface area contributed by atoms with Crippen LogP contribution in [0.1, 0.15) is 10.8 Å². The van der Waals surface area contributed by atoms with Gasteiger partial charge in [0.25, 0.3) is 0 Å². The van der Waals surface area contributed by atoms with Gasteiger partial charge in [-0.25, -0.2) is 0 Å². The molecule has 1 fully saturated rings. The fraction of sp³-hybridized carbons (Fsp3) is 0.455. The summed E-state index contributed by atoms with van der Waals surface area (Å²) >= 11 is 1.85. The van der Waals surface area contributed by atoms with E-state index in [1.807, 2.05) is 30.0 Å². The summed E-state index contributed by atoms with van der Waals surface area (Å²) in [4.78, 5) is 0. The number of thioether (sulfide) groups is 1. The van der Waals surface area contributed by atoms with Crippen molar-refractivity contribution in [2.45, 2.75) is 11.4 Å². The summed E-state index contributed by atoms with van der Waals surface area (Å²) in [7, 11) is 0. The monoisotopic (exact) mass is 208 g/mol. The fourth-order valence-corrected chi connectivity index (χ4v) is 3.74. The predicted molar refractivity (Wildman–Crippen MR) is 56.6 cm³/mol. The second-order valence-electron chi connectivity index (χ2n) is 3.83. The third-order valence-electron chi connectivity index (χ3n) is 2.99. The Balaban J connectivity index is 2.03. The highest BCUT2D eigenvalue weighted by molar-refractivity contribution is 7.99. The maximum Gasteiger partial charge on any atom is 0.123 e. The molecule has 0 saturated carbocycles. The Morgan fingerprint density at radius 1 is 1.36 bits per heavy atom. The van der Waals surface area contributed by atoms with E-state index in [1.165, 1.54) is 5.56 Å². The number of hydrogen-bond acceptors (Lipinski definition) is 3. The first-order valence-corrected chi connectivity index (χ1v) is 5.92. The quantitative estimate of drug-likeness (QED) is 0.705. The molecule has 14 heavy (non-hydrogen) atoms. The van der Waals surface area contributed by atoms with Crippen molar-refractivity contribution in [3.63, 3.8) is 0 Å². The van der Waals surface area contributed by atoms with Crippen molar-refractivity contribution in [1.29, 1.82) is 0 Å². The van der Waals surface area contributed by atoms with E-state index >= 15 is 0 Å². The number of aliphatic hydroxyl groups excluding tert-OH is 1. The second kappa shape index (κ2) is 3.17. The second-order valence-corrected chi connectivity index (χ2v) is 5.01. The van der Waals surface area contributed by atoms with Crippen molar-refractivity contribution < 1.29 is 9.84 Å². The molecule has 3 atom stereocenters. The number of fused-ring (bicyclic) bond motifs is 3. The lowest BCUT2D eigenvalue weighted by molar-refractivity contribution is 0.0891. The molecule has 74 valence electrons. The van der Waals surface area contributed by atoms with Crippen LogP contribution in [0.25, 0.3) is 0 Å². The molecule has 3 unspecified atom stereocenters. The molecule has 3 heteroatoms. The molecular weight excluding hydrogens is 196 g/mol. The summed E-state index contributed by atoms with van der Waals surface area (Å²) < 4.78 is 5.63. The van der Waals surface area contributed by atoms with Crippen LogP contribution in [0.15, 0.2) is 24.3 Å². The van der Waals surface area contributed by atoms with Crippen LogP contribution in [0.3, 0.4) is 0 Å². The SMILES string of the molecule is OC1CSC2c3ccccc3OCC12. The van der Waals surface area contributed by atoms with E-state index in [0.717, 1.165) is 11.5 Å². The molecule has 2 aliphatic rings. The molecule has 3 rings (SSSR count). The molecule has 1 N–H and O–H groups in total. The smallest absolute Gasteiger partial charge is 0.123 e. The Labute approximate surface area is 87.3 Å². The molecule has 0 radical (unpaired) electrons. The fourth-order valence-electron chi connectivity index (χ4n) is 2.20. The van der Waals surface area contributed by atoms with E-state index in [1.54, 1.807) is 0 Å². The number of ether oxygens (including phenoxy) is 1. The average molecular weight is 208 g/mol. The van der Waals surface area contributed by atoms with E-state index in [4.69, 9.17) is 4.74 Å². The van der Waals surface area contributed by atoms with Gasteiger partial charge in [-0.3, -0.25) is 0 Å².